The first-order valence-electron chi connectivity index (χ1n) is 23.4. The molecule has 4 amide bonds. The van der Waals surface area contributed by atoms with Gasteiger partial charge in [0.05, 0.1) is 63.7 Å². The molecule has 2 aromatic heterocycles. The molecular formula is C52H52F6N8O7S2. The van der Waals surface area contributed by atoms with E-state index in [1.165, 1.54) is 59.4 Å². The molecule has 0 spiro atoms. The summed E-state index contributed by atoms with van der Waals surface area (Å²) in [6.07, 6.45) is -9.26. The molecule has 2 aliphatic heterocycles. The van der Waals surface area contributed by atoms with Crippen molar-refractivity contribution in [1.29, 1.82) is 5.26 Å². The van der Waals surface area contributed by atoms with E-state index < -0.39 is 114 Å². The van der Waals surface area contributed by atoms with Gasteiger partial charge in [0.1, 0.15) is 42.1 Å². The zero-order valence-electron chi connectivity index (χ0n) is 41.4. The van der Waals surface area contributed by atoms with E-state index in [1.54, 1.807) is 50.5 Å². The normalized spacial score (nSPS) is 17.9. The summed E-state index contributed by atoms with van der Waals surface area (Å²) in [5.41, 5.74) is -0.221. The van der Waals surface area contributed by atoms with Gasteiger partial charge in [-0.2, -0.15) is 18.4 Å². The van der Waals surface area contributed by atoms with E-state index in [2.05, 4.69) is 20.6 Å². The lowest BCUT2D eigenvalue weighted by Crippen LogP contribution is -2.58. The highest BCUT2D eigenvalue weighted by atomic mass is 32.1. The largest absolute Gasteiger partial charge is 0.490 e. The molecule has 0 bridgehead atoms. The Bertz CT molecular complexity index is 2980. The monoisotopic (exact) mass is 1080 g/mol. The van der Waals surface area contributed by atoms with Gasteiger partial charge in [-0.25, -0.2) is 18.2 Å². The number of amides is 4. The van der Waals surface area contributed by atoms with Crippen LogP contribution in [0.15, 0.2) is 84.5 Å². The Morgan fingerprint density at radius 2 is 1.64 bits per heavy atom. The molecule has 4 heterocycles. The summed E-state index contributed by atoms with van der Waals surface area (Å²) in [7, 11) is 0. The Morgan fingerprint density at radius 3 is 2.24 bits per heavy atom. The first-order valence-corrected chi connectivity index (χ1v) is 24.7. The SMILES string of the molecule is Cc1ncsc1-c1ccc(CNC(=O)[C@@H]2C[C@@H](O)CN2C(=O)[C@@H](NC(=O)COCC(F)C(F)COc2ccc(-c3ccc(N4C(=S)N(c5ccc(C#N)c(C(F)(F)F)c5F)C(=O)C4(C)C)cn3)cc2)C(C)(C)C)cc1. The molecule has 396 valence electrons. The fraction of sp³-hybridized carbons (Fsp3) is 0.385. The van der Waals surface area contributed by atoms with Gasteiger partial charge in [0.25, 0.3) is 5.91 Å². The lowest BCUT2D eigenvalue weighted by atomic mass is 9.85. The number of carbonyl (C=O) groups excluding carboxylic acids is 4. The van der Waals surface area contributed by atoms with E-state index >= 15 is 4.39 Å². The van der Waals surface area contributed by atoms with Crippen molar-refractivity contribution >= 4 is 63.7 Å². The van der Waals surface area contributed by atoms with Gasteiger partial charge in [0.2, 0.25) is 17.7 Å². The molecule has 0 aliphatic carbocycles. The molecule has 75 heavy (non-hydrogen) atoms. The molecule has 2 fully saturated rings. The number of nitrogens with zero attached hydrogens (tertiary/aromatic N) is 6. The molecule has 0 saturated carbocycles. The van der Waals surface area contributed by atoms with Crippen LogP contribution in [0.25, 0.3) is 21.7 Å². The maximum atomic E-state index is 15.4. The van der Waals surface area contributed by atoms with Crippen molar-refractivity contribution in [3.8, 4) is 33.5 Å². The van der Waals surface area contributed by atoms with Crippen LogP contribution in [0.3, 0.4) is 0 Å². The van der Waals surface area contributed by atoms with Crippen molar-refractivity contribution in [3.05, 3.63) is 113 Å². The zero-order chi connectivity index (χ0) is 54.7. The number of thiocarbonyl (C=S) groups is 1. The predicted molar refractivity (Wildman–Crippen MR) is 270 cm³/mol. The Morgan fingerprint density at radius 1 is 0.973 bits per heavy atom. The molecule has 7 rings (SSSR count). The number of thiazole rings is 1. The number of alkyl halides is 5. The maximum Gasteiger partial charge on any atom is 0.420 e. The molecule has 3 N–H and O–H groups in total. The van der Waals surface area contributed by atoms with Crippen LogP contribution in [0.4, 0.5) is 37.7 Å². The minimum absolute atomic E-state index is 0.0128. The number of β-amino-alcohol motifs (C(OH)–C–C–N with tert-alkyl or cyclic N) is 1. The minimum atomic E-state index is -5.23. The van der Waals surface area contributed by atoms with Gasteiger partial charge in [0.15, 0.2) is 23.3 Å². The topological polar surface area (TPSA) is 190 Å². The highest BCUT2D eigenvalue weighted by Crippen LogP contribution is 2.42. The zero-order valence-corrected chi connectivity index (χ0v) is 43.0. The third-order valence-electron chi connectivity index (χ3n) is 12.6. The standard InChI is InChI=1S/C52H52F6N8O7S2/c1-28-44(75-27-62-28)31-9-7-29(8-10-31)21-61-46(69)40-19-34(67)23-64(40)47(70)45(50(2,3)4)63-41(68)26-72-24-36(53)37(54)25-73-35-15-11-30(12-16-35)38-17-14-33(22-60-38)66-49(74)65(48(71)51(66,5)6)39-18-13-32(20-59)42(43(39)55)52(56,57)58/h7-18,22,27,34,36-37,40,45,67H,19,21,23-26H2,1-6H3,(H,61,69)(H,63,68)/t34-,36?,37?,40+,45-/m1/s1. The lowest BCUT2D eigenvalue weighted by Gasteiger charge is -2.35. The quantitative estimate of drug-likeness (QED) is 0.0602. The fourth-order valence-electron chi connectivity index (χ4n) is 8.59. The van der Waals surface area contributed by atoms with Gasteiger partial charge in [0, 0.05) is 25.1 Å². The lowest BCUT2D eigenvalue weighted by molar-refractivity contribution is -0.144. The smallest absolute Gasteiger partial charge is 0.420 e. The van der Waals surface area contributed by atoms with Gasteiger partial charge < -0.3 is 35.0 Å². The number of anilines is 2. The van der Waals surface area contributed by atoms with Crippen LogP contribution >= 0.6 is 23.6 Å². The van der Waals surface area contributed by atoms with Gasteiger partial charge in [-0.05, 0) is 98.1 Å². The van der Waals surface area contributed by atoms with Crippen molar-refractivity contribution in [1.82, 2.24) is 25.5 Å². The molecule has 2 saturated heterocycles. The highest BCUT2D eigenvalue weighted by Gasteiger charge is 2.52. The van der Waals surface area contributed by atoms with Gasteiger partial charge in [-0.1, -0.05) is 45.0 Å². The number of hydrogen-bond donors (Lipinski definition) is 3. The summed E-state index contributed by atoms with van der Waals surface area (Å²) in [6.45, 7) is 7.69. The Balaban J connectivity index is 0.877. The second-order valence-electron chi connectivity index (χ2n) is 19.5. The first-order chi connectivity index (χ1) is 35.3. The number of rotatable bonds is 17. The molecule has 5 atom stereocenters. The number of pyridine rings is 1. The van der Waals surface area contributed by atoms with Crippen LogP contribution in [0.1, 0.15) is 63.4 Å². The van der Waals surface area contributed by atoms with Gasteiger partial charge >= 0.3 is 6.18 Å². The number of nitrogens with one attached hydrogen (secondary N) is 2. The number of aryl methyl sites for hydroxylation is 1. The van der Waals surface area contributed by atoms with Crippen molar-refractivity contribution in [2.45, 2.75) is 96.8 Å². The van der Waals surface area contributed by atoms with E-state index in [0.717, 1.165) is 33.8 Å². The van der Waals surface area contributed by atoms with Crippen LogP contribution in [0, 0.1) is 29.5 Å². The number of nitriles is 1. The molecule has 15 nitrogen and oxygen atoms in total. The highest BCUT2D eigenvalue weighted by molar-refractivity contribution is 7.81. The number of aromatic nitrogens is 2. The third-order valence-corrected chi connectivity index (χ3v) is 14.0. The number of aliphatic hydroxyl groups excluding tert-OH is 1. The van der Waals surface area contributed by atoms with Crippen LogP contribution in [0.5, 0.6) is 5.75 Å². The van der Waals surface area contributed by atoms with Crippen molar-refractivity contribution in [2.75, 3.05) is 36.2 Å². The second-order valence-corrected chi connectivity index (χ2v) is 20.7. The van der Waals surface area contributed by atoms with Crippen LogP contribution in [-0.4, -0.2) is 111 Å². The average Bonchev–Trinajstić information content (AvgIpc) is 4.03. The van der Waals surface area contributed by atoms with Crippen molar-refractivity contribution < 1.29 is 60.1 Å². The minimum Gasteiger partial charge on any atom is -0.490 e. The molecule has 5 aromatic rings. The van der Waals surface area contributed by atoms with Crippen molar-refractivity contribution in [3.63, 3.8) is 0 Å². The summed E-state index contributed by atoms with van der Waals surface area (Å²) < 4.78 is 97.3. The summed E-state index contributed by atoms with van der Waals surface area (Å²) in [4.78, 5) is 67.0. The fourth-order valence-corrected chi connectivity index (χ4v) is 9.92. The van der Waals surface area contributed by atoms with Gasteiger partial charge in [-0.3, -0.25) is 29.1 Å². The number of ether oxygens (including phenoxy) is 2. The Labute approximate surface area is 437 Å². The van der Waals surface area contributed by atoms with E-state index in [4.69, 9.17) is 21.7 Å². The molecule has 3 aromatic carbocycles. The average molecular weight is 1080 g/mol. The van der Waals surface area contributed by atoms with Crippen molar-refractivity contribution in [2.24, 2.45) is 5.41 Å². The molecule has 2 aliphatic rings. The van der Waals surface area contributed by atoms with Crippen LogP contribution in [0.2, 0.25) is 0 Å². The van der Waals surface area contributed by atoms with Crippen LogP contribution in [-0.2, 0) is 36.6 Å². The summed E-state index contributed by atoms with van der Waals surface area (Å²) >= 11 is 7.03. The molecular weight excluding hydrogens is 1030 g/mol. The Hall–Kier alpha value is -7.00. The second kappa shape index (κ2) is 22.5. The third kappa shape index (κ3) is 12.3. The number of halogens is 6. The summed E-state index contributed by atoms with van der Waals surface area (Å²) in [5.74, 6) is -4.36. The Kier molecular flexibility index (Phi) is 16.7. The van der Waals surface area contributed by atoms with E-state index in [9.17, 15) is 51.5 Å². The number of benzene rings is 3. The first kappa shape index (κ1) is 55.7. The van der Waals surface area contributed by atoms with Gasteiger partial charge in [-0.15, -0.1) is 11.3 Å². The van der Waals surface area contributed by atoms with Crippen LogP contribution < -0.4 is 25.2 Å². The van der Waals surface area contributed by atoms with E-state index in [1.807, 2.05) is 31.2 Å². The molecule has 0 radical (unpaired) electrons. The maximum absolute atomic E-state index is 15.4. The number of aliphatic hydroxyl groups is 1. The summed E-state index contributed by atoms with van der Waals surface area (Å²) in [6, 6.07) is 17.7. The number of carbonyl (C=O) groups is 4. The summed E-state index contributed by atoms with van der Waals surface area (Å²) in [5, 5.41) is 24.8. The number of hydrogen-bond acceptors (Lipinski definition) is 12. The predicted octanol–water partition coefficient (Wildman–Crippen LogP) is 8.01. The molecule has 2 unspecified atom stereocenters. The van der Waals surface area contributed by atoms with E-state index in [-0.39, 0.29) is 36.1 Å². The molecule has 23 heteroatoms. The van der Waals surface area contributed by atoms with E-state index in [0.29, 0.717) is 16.2 Å². The number of likely N-dealkylation sites (tertiary alicyclic amines) is 1.